The van der Waals surface area contributed by atoms with Gasteiger partial charge in [0, 0.05) is 16.6 Å². The van der Waals surface area contributed by atoms with Crippen molar-refractivity contribution < 1.29 is 4.39 Å². The van der Waals surface area contributed by atoms with Crippen molar-refractivity contribution in [2.75, 3.05) is 6.54 Å². The zero-order chi connectivity index (χ0) is 12.0. The van der Waals surface area contributed by atoms with Gasteiger partial charge in [0.1, 0.15) is 5.82 Å². The summed E-state index contributed by atoms with van der Waals surface area (Å²) in [6.07, 6.45) is 3.49. The van der Waals surface area contributed by atoms with Crippen molar-refractivity contribution in [2.45, 2.75) is 25.8 Å². The molecule has 0 aliphatic carbocycles. The van der Waals surface area contributed by atoms with E-state index in [1.807, 2.05) is 0 Å². The van der Waals surface area contributed by atoms with E-state index >= 15 is 0 Å². The van der Waals surface area contributed by atoms with Crippen molar-refractivity contribution in [1.82, 2.24) is 5.32 Å². The fourth-order valence-corrected chi connectivity index (χ4v) is 1.77. The quantitative estimate of drug-likeness (QED) is 0.740. The third-order valence-electron chi connectivity index (χ3n) is 2.38. The van der Waals surface area contributed by atoms with E-state index in [0.717, 1.165) is 13.0 Å². The third-order valence-corrected chi connectivity index (χ3v) is 2.61. The molecular formula is C13H17ClFN. The summed E-state index contributed by atoms with van der Waals surface area (Å²) < 4.78 is 13.6. The fourth-order valence-electron chi connectivity index (χ4n) is 1.59. The van der Waals surface area contributed by atoms with E-state index < -0.39 is 0 Å². The predicted molar refractivity (Wildman–Crippen MR) is 67.3 cm³/mol. The summed E-state index contributed by atoms with van der Waals surface area (Å²) in [6.45, 7) is 6.62. The number of rotatable bonds is 6. The lowest BCUT2D eigenvalue weighted by Crippen LogP contribution is -2.22. The molecule has 1 aromatic rings. The molecule has 1 aromatic carbocycles. The van der Waals surface area contributed by atoms with Gasteiger partial charge in [0.05, 0.1) is 0 Å². The van der Waals surface area contributed by atoms with E-state index in [2.05, 4.69) is 18.8 Å². The first-order valence-electron chi connectivity index (χ1n) is 5.48. The number of benzene rings is 1. The lowest BCUT2D eigenvalue weighted by atomic mass is 10.0. The van der Waals surface area contributed by atoms with Crippen molar-refractivity contribution in [2.24, 2.45) is 0 Å². The van der Waals surface area contributed by atoms with E-state index in [1.54, 1.807) is 18.2 Å². The van der Waals surface area contributed by atoms with Gasteiger partial charge in [-0.3, -0.25) is 0 Å². The van der Waals surface area contributed by atoms with Crippen LogP contribution in [-0.2, 0) is 0 Å². The second-order valence-electron chi connectivity index (χ2n) is 3.70. The Labute approximate surface area is 101 Å². The maximum atomic E-state index is 13.6. The molecule has 0 heterocycles. The molecule has 1 nitrogen and oxygen atoms in total. The Hall–Kier alpha value is -0.860. The van der Waals surface area contributed by atoms with Crippen molar-refractivity contribution in [3.05, 3.63) is 47.3 Å². The van der Waals surface area contributed by atoms with Crippen LogP contribution >= 0.6 is 11.6 Å². The standard InChI is InChI=1S/C13H17ClFN/c1-3-5-13(16-8-4-2)11-9-10(14)6-7-12(11)15/h3,6-7,9,13,16H,1,4-5,8H2,2H3. The van der Waals surface area contributed by atoms with Gasteiger partial charge in [-0.1, -0.05) is 24.6 Å². The molecule has 0 bridgehead atoms. The van der Waals surface area contributed by atoms with Gasteiger partial charge < -0.3 is 5.32 Å². The van der Waals surface area contributed by atoms with Gasteiger partial charge in [0.15, 0.2) is 0 Å². The molecule has 1 N–H and O–H groups in total. The Morgan fingerprint density at radius 3 is 2.94 bits per heavy atom. The van der Waals surface area contributed by atoms with Crippen LogP contribution in [0, 0.1) is 5.82 Å². The van der Waals surface area contributed by atoms with E-state index in [9.17, 15) is 4.39 Å². The smallest absolute Gasteiger partial charge is 0.128 e. The maximum Gasteiger partial charge on any atom is 0.128 e. The van der Waals surface area contributed by atoms with Gasteiger partial charge in [0.2, 0.25) is 0 Å². The summed E-state index contributed by atoms with van der Waals surface area (Å²) in [6, 6.07) is 4.59. The molecule has 1 unspecified atom stereocenters. The first-order valence-corrected chi connectivity index (χ1v) is 5.86. The Morgan fingerprint density at radius 1 is 1.56 bits per heavy atom. The zero-order valence-electron chi connectivity index (χ0n) is 9.47. The highest BCUT2D eigenvalue weighted by Gasteiger charge is 2.13. The van der Waals surface area contributed by atoms with Crippen LogP contribution in [0.2, 0.25) is 5.02 Å². The topological polar surface area (TPSA) is 12.0 Å². The Kier molecular flexibility index (Phi) is 5.50. The largest absolute Gasteiger partial charge is 0.310 e. The maximum absolute atomic E-state index is 13.6. The van der Waals surface area contributed by atoms with E-state index in [1.165, 1.54) is 6.07 Å². The Bertz CT molecular complexity index is 352. The van der Waals surface area contributed by atoms with Crippen LogP contribution in [-0.4, -0.2) is 6.54 Å². The minimum absolute atomic E-state index is 0.0452. The number of hydrogen-bond donors (Lipinski definition) is 1. The van der Waals surface area contributed by atoms with Gasteiger partial charge in [0.25, 0.3) is 0 Å². The van der Waals surface area contributed by atoms with Crippen molar-refractivity contribution in [1.29, 1.82) is 0 Å². The molecule has 0 radical (unpaired) electrons. The molecule has 0 saturated heterocycles. The monoisotopic (exact) mass is 241 g/mol. The van der Waals surface area contributed by atoms with Gasteiger partial charge in [-0.25, -0.2) is 4.39 Å². The van der Waals surface area contributed by atoms with Crippen molar-refractivity contribution in [3.63, 3.8) is 0 Å². The second kappa shape index (κ2) is 6.66. The highest BCUT2D eigenvalue weighted by atomic mass is 35.5. The normalized spacial score (nSPS) is 12.4. The van der Waals surface area contributed by atoms with Crippen LogP contribution < -0.4 is 5.32 Å². The SMILES string of the molecule is C=CCC(NCCC)c1cc(Cl)ccc1F. The van der Waals surface area contributed by atoms with Gasteiger partial charge in [-0.15, -0.1) is 6.58 Å². The minimum Gasteiger partial charge on any atom is -0.310 e. The Morgan fingerprint density at radius 2 is 2.31 bits per heavy atom. The van der Waals surface area contributed by atoms with Crippen LogP contribution in [0.4, 0.5) is 4.39 Å². The van der Waals surface area contributed by atoms with Crippen LogP contribution in [0.3, 0.4) is 0 Å². The molecule has 0 spiro atoms. The summed E-state index contributed by atoms with van der Waals surface area (Å²) in [5.74, 6) is -0.222. The second-order valence-corrected chi connectivity index (χ2v) is 4.13. The highest BCUT2D eigenvalue weighted by molar-refractivity contribution is 6.30. The van der Waals surface area contributed by atoms with Crippen LogP contribution in [0.15, 0.2) is 30.9 Å². The average Bonchev–Trinajstić information content (AvgIpc) is 2.28. The first-order chi connectivity index (χ1) is 7.69. The van der Waals surface area contributed by atoms with E-state index in [-0.39, 0.29) is 11.9 Å². The molecule has 88 valence electrons. The lowest BCUT2D eigenvalue weighted by molar-refractivity contribution is 0.503. The predicted octanol–water partition coefficient (Wildman–Crippen LogP) is 4.10. The fraction of sp³-hybridized carbons (Fsp3) is 0.385. The molecule has 1 atom stereocenters. The average molecular weight is 242 g/mol. The van der Waals surface area contributed by atoms with E-state index in [4.69, 9.17) is 11.6 Å². The molecule has 0 aromatic heterocycles. The summed E-state index contributed by atoms with van der Waals surface area (Å²) in [5, 5.41) is 3.84. The first kappa shape index (κ1) is 13.2. The number of nitrogens with one attached hydrogen (secondary N) is 1. The van der Waals surface area contributed by atoms with Gasteiger partial charge in [-0.05, 0) is 37.6 Å². The summed E-state index contributed by atoms with van der Waals surface area (Å²) >= 11 is 5.87. The Balaban J connectivity index is 2.90. The molecular weight excluding hydrogens is 225 g/mol. The molecule has 3 heteroatoms. The zero-order valence-corrected chi connectivity index (χ0v) is 10.2. The number of hydrogen-bond acceptors (Lipinski definition) is 1. The van der Waals surface area contributed by atoms with Gasteiger partial charge in [-0.2, -0.15) is 0 Å². The molecule has 16 heavy (non-hydrogen) atoms. The minimum atomic E-state index is -0.222. The molecule has 1 rings (SSSR count). The van der Waals surface area contributed by atoms with Crippen LogP contribution in [0.5, 0.6) is 0 Å². The van der Waals surface area contributed by atoms with Crippen LogP contribution in [0.25, 0.3) is 0 Å². The molecule has 0 amide bonds. The van der Waals surface area contributed by atoms with Crippen LogP contribution in [0.1, 0.15) is 31.4 Å². The van der Waals surface area contributed by atoms with Crippen molar-refractivity contribution >= 4 is 11.6 Å². The molecule has 0 aliphatic rings. The van der Waals surface area contributed by atoms with E-state index in [0.29, 0.717) is 17.0 Å². The molecule has 0 saturated carbocycles. The summed E-state index contributed by atoms with van der Waals surface area (Å²) in [4.78, 5) is 0. The van der Waals surface area contributed by atoms with Crippen molar-refractivity contribution in [3.8, 4) is 0 Å². The third kappa shape index (κ3) is 3.62. The molecule has 0 fully saturated rings. The lowest BCUT2D eigenvalue weighted by Gasteiger charge is -2.18. The summed E-state index contributed by atoms with van der Waals surface area (Å²) in [5.41, 5.74) is 0.612. The highest BCUT2D eigenvalue weighted by Crippen LogP contribution is 2.24. The van der Waals surface area contributed by atoms with Gasteiger partial charge >= 0.3 is 0 Å². The summed E-state index contributed by atoms with van der Waals surface area (Å²) in [7, 11) is 0. The molecule has 0 aliphatic heterocycles. The number of halogens is 2.